The van der Waals surface area contributed by atoms with Crippen LogP contribution in [0.15, 0.2) is 119 Å². The van der Waals surface area contributed by atoms with Gasteiger partial charge in [0.15, 0.2) is 6.29 Å². The average Bonchev–Trinajstić information content (AvgIpc) is 3.16. The number of hydrogen-bond donors (Lipinski definition) is 3. The number of carbonyl (C=O) groups is 2. The number of esters is 2. The highest BCUT2D eigenvalue weighted by Crippen LogP contribution is 2.28. The molecule has 1 fully saturated rings. The molecule has 57 heavy (non-hydrogen) atoms. The van der Waals surface area contributed by atoms with Gasteiger partial charge in [-0.25, -0.2) is 4.79 Å². The minimum atomic E-state index is -1.51. The Morgan fingerprint density at radius 1 is 0.649 bits per heavy atom. The van der Waals surface area contributed by atoms with E-state index >= 15 is 0 Å². The number of unbranched alkanes of at least 4 members (excludes halogenated alkanes) is 7. The largest absolute Gasteiger partial charge is 0.466 e. The van der Waals surface area contributed by atoms with Gasteiger partial charge in [-0.3, -0.25) is 4.79 Å². The zero-order chi connectivity index (χ0) is 42.6. The third-order valence-corrected chi connectivity index (χ3v) is 9.22. The van der Waals surface area contributed by atoms with Crippen molar-refractivity contribution in [3.05, 3.63) is 119 Å². The molecule has 0 radical (unpaired) electrons. The van der Waals surface area contributed by atoms with Crippen LogP contribution in [0.1, 0.15) is 120 Å². The van der Waals surface area contributed by atoms with Gasteiger partial charge < -0.3 is 34.3 Å². The highest BCUT2D eigenvalue weighted by atomic mass is 16.7. The predicted molar refractivity (Wildman–Crippen MR) is 231 cm³/mol. The summed E-state index contributed by atoms with van der Waals surface area (Å²) in [5.41, 5.74) is 4.05. The fourth-order valence-corrected chi connectivity index (χ4v) is 5.61. The Morgan fingerprint density at radius 3 is 1.68 bits per heavy atom. The molecule has 0 saturated carbocycles. The molecule has 5 atom stereocenters. The molecule has 9 nitrogen and oxygen atoms in total. The van der Waals surface area contributed by atoms with E-state index < -0.39 is 36.3 Å². The van der Waals surface area contributed by atoms with Gasteiger partial charge >= 0.3 is 11.9 Å². The van der Waals surface area contributed by atoms with Crippen LogP contribution in [0.4, 0.5) is 0 Å². The Labute approximate surface area is 343 Å². The Bertz CT molecular complexity index is 1520. The van der Waals surface area contributed by atoms with Crippen LogP contribution in [0.2, 0.25) is 0 Å². The van der Waals surface area contributed by atoms with Gasteiger partial charge in [0.2, 0.25) is 0 Å². The smallest absolute Gasteiger partial charge is 0.333 e. The van der Waals surface area contributed by atoms with Crippen molar-refractivity contribution < 1.29 is 43.9 Å². The molecule has 1 heterocycles. The van der Waals surface area contributed by atoms with Crippen molar-refractivity contribution in [2.75, 3.05) is 13.7 Å². The second kappa shape index (κ2) is 29.4. The van der Waals surface area contributed by atoms with Gasteiger partial charge in [0, 0.05) is 12.0 Å². The van der Waals surface area contributed by atoms with Gasteiger partial charge in [-0.15, -0.1) is 0 Å². The van der Waals surface area contributed by atoms with E-state index in [-0.39, 0.29) is 25.0 Å². The van der Waals surface area contributed by atoms with Crippen molar-refractivity contribution in [1.82, 2.24) is 0 Å². The first kappa shape index (κ1) is 51.2. The quantitative estimate of drug-likeness (QED) is 0.0358. The lowest BCUT2D eigenvalue weighted by molar-refractivity contribution is -0.323. The molecular weight excluding hydrogens is 721 g/mol. The van der Waals surface area contributed by atoms with Crippen LogP contribution in [0, 0.1) is 0 Å². The lowest BCUT2D eigenvalue weighted by Crippen LogP contribution is -2.60. The van der Waals surface area contributed by atoms with Crippen LogP contribution in [-0.4, -0.2) is 77.3 Å². The molecule has 0 bridgehead atoms. The Morgan fingerprint density at radius 2 is 1.14 bits per heavy atom. The first-order valence-electron chi connectivity index (χ1n) is 20.4. The molecule has 0 aromatic carbocycles. The Balaban J connectivity index is 2.58. The molecule has 1 aliphatic rings. The molecule has 1 saturated heterocycles. The maximum absolute atomic E-state index is 12.3. The van der Waals surface area contributed by atoms with Crippen molar-refractivity contribution >= 4 is 11.9 Å². The number of aliphatic hydroxyl groups excluding tert-OH is 3. The molecule has 1 aliphatic heterocycles. The number of allylic oxidation sites excluding steroid dienone is 18. The average molecular weight is 793 g/mol. The molecule has 1 rings (SSSR count). The second-order valence-electron chi connectivity index (χ2n) is 15.4. The number of aliphatic hydroxyl groups is 3. The minimum absolute atomic E-state index is 0.240. The third-order valence-electron chi connectivity index (χ3n) is 9.22. The summed E-state index contributed by atoms with van der Waals surface area (Å²) in [6.45, 7) is 15.4. The third kappa shape index (κ3) is 23.8. The van der Waals surface area contributed by atoms with Gasteiger partial charge in [0.05, 0.1) is 12.7 Å². The van der Waals surface area contributed by atoms with Crippen molar-refractivity contribution in [1.29, 1.82) is 0 Å². The monoisotopic (exact) mass is 793 g/mol. The van der Waals surface area contributed by atoms with Gasteiger partial charge in [-0.1, -0.05) is 165 Å². The lowest BCUT2D eigenvalue weighted by Gasteiger charge is -2.42. The van der Waals surface area contributed by atoms with E-state index in [0.717, 1.165) is 41.6 Å². The second-order valence-corrected chi connectivity index (χ2v) is 15.4. The van der Waals surface area contributed by atoms with E-state index in [4.69, 9.17) is 14.2 Å². The summed E-state index contributed by atoms with van der Waals surface area (Å²) in [5.74, 6) is -0.715. The zero-order valence-corrected chi connectivity index (χ0v) is 36.1. The van der Waals surface area contributed by atoms with Crippen LogP contribution in [0.5, 0.6) is 0 Å². The SMILES string of the molecule is CCCCCCCCCCC(=O)OCC1O[C@H](OC(C)(C)C/C=C/C(C)=C/C=C/C(C)=C/C=C/C(C)=C/C=C/C=C(C)/C=C/C=C(\C)C(=O)OC)[C@@H](O)C(O)[C@@H]1O. The standard InChI is InChI=1S/C48H72O9/c1-10-11-12-13-14-15-16-17-33-42(49)55-35-41-43(50)44(51)45(52)47(56-41)57-48(7,8)34-23-31-39(5)29-21-28-38(4)27-20-26-36(2)24-18-19-25-37(3)30-22-32-40(6)46(53)54-9/h18-32,41,43-45,47,50-52H,10-17,33-35H2,1-9H3/b19-18+,26-20+,28-21+,30-22+,31-23+,36-24+,37-25+,38-27+,39-29+,40-32+/t41?,43-,44?,45+,47-/m1/s1. The molecular formula is C48H72O9. The van der Waals surface area contributed by atoms with Gasteiger partial charge in [-0.05, 0) is 61.3 Å². The minimum Gasteiger partial charge on any atom is -0.466 e. The number of ether oxygens (including phenoxy) is 4. The summed E-state index contributed by atoms with van der Waals surface area (Å²) >= 11 is 0. The van der Waals surface area contributed by atoms with Gasteiger partial charge in [0.25, 0.3) is 0 Å². The van der Waals surface area contributed by atoms with Crippen LogP contribution < -0.4 is 0 Å². The number of carbonyl (C=O) groups excluding carboxylic acids is 2. The number of hydrogen-bond acceptors (Lipinski definition) is 9. The van der Waals surface area contributed by atoms with Crippen molar-refractivity contribution in [2.45, 2.75) is 156 Å². The van der Waals surface area contributed by atoms with E-state index in [0.29, 0.717) is 12.0 Å². The fourth-order valence-electron chi connectivity index (χ4n) is 5.61. The van der Waals surface area contributed by atoms with Crippen LogP contribution >= 0.6 is 0 Å². The maximum Gasteiger partial charge on any atom is 0.333 e. The Kier molecular flexibility index (Phi) is 26.4. The summed E-state index contributed by atoms with van der Waals surface area (Å²) in [7, 11) is 1.37. The van der Waals surface area contributed by atoms with Crippen LogP contribution in [0.25, 0.3) is 0 Å². The summed E-state index contributed by atoms with van der Waals surface area (Å²) < 4.78 is 21.9. The lowest BCUT2D eigenvalue weighted by atomic mass is 9.98. The van der Waals surface area contributed by atoms with E-state index in [2.05, 4.69) is 11.7 Å². The van der Waals surface area contributed by atoms with E-state index in [9.17, 15) is 24.9 Å². The highest BCUT2D eigenvalue weighted by molar-refractivity contribution is 5.87. The normalized spacial score (nSPS) is 22.2. The fraction of sp³-hybridized carbons (Fsp3) is 0.542. The first-order valence-corrected chi connectivity index (χ1v) is 20.4. The molecule has 0 aliphatic carbocycles. The Hall–Kier alpha value is -3.86. The van der Waals surface area contributed by atoms with Crippen molar-refractivity contribution in [3.8, 4) is 0 Å². The van der Waals surface area contributed by atoms with Gasteiger partial charge in [-0.2, -0.15) is 0 Å². The molecule has 2 unspecified atom stereocenters. The molecule has 0 amide bonds. The van der Waals surface area contributed by atoms with E-state index in [1.165, 1.54) is 39.2 Å². The molecule has 0 aromatic heterocycles. The molecule has 0 aromatic rings. The van der Waals surface area contributed by atoms with Crippen molar-refractivity contribution in [3.63, 3.8) is 0 Å². The summed E-state index contributed by atoms with van der Waals surface area (Å²) in [6.07, 6.45) is 32.6. The summed E-state index contributed by atoms with van der Waals surface area (Å²) in [4.78, 5) is 23.7. The molecule has 0 spiro atoms. The number of rotatable bonds is 25. The molecule has 9 heteroatoms. The first-order chi connectivity index (χ1) is 27.1. The highest BCUT2D eigenvalue weighted by Gasteiger charge is 2.46. The maximum atomic E-state index is 12.3. The van der Waals surface area contributed by atoms with E-state index in [1.54, 1.807) is 13.0 Å². The van der Waals surface area contributed by atoms with Crippen LogP contribution in [-0.2, 0) is 28.5 Å². The number of methoxy groups -OCH3 is 1. The molecule has 318 valence electrons. The predicted octanol–water partition coefficient (Wildman–Crippen LogP) is 9.74. The topological polar surface area (TPSA) is 132 Å². The molecule has 3 N–H and O–H groups in total. The van der Waals surface area contributed by atoms with Gasteiger partial charge in [0.1, 0.15) is 31.0 Å². The van der Waals surface area contributed by atoms with Crippen molar-refractivity contribution in [2.24, 2.45) is 0 Å². The summed E-state index contributed by atoms with van der Waals surface area (Å²) in [6, 6.07) is 0. The van der Waals surface area contributed by atoms with Crippen LogP contribution in [0.3, 0.4) is 0 Å². The van der Waals surface area contributed by atoms with E-state index in [1.807, 2.05) is 127 Å². The summed E-state index contributed by atoms with van der Waals surface area (Å²) in [5, 5.41) is 31.6. The zero-order valence-electron chi connectivity index (χ0n) is 36.1.